The fourth-order valence-corrected chi connectivity index (χ4v) is 2.97. The molecule has 0 bridgehead atoms. The van der Waals surface area contributed by atoms with E-state index in [1.54, 1.807) is 6.07 Å². The number of amides is 3. The van der Waals surface area contributed by atoms with Crippen LogP contribution in [0.5, 0.6) is 0 Å². The van der Waals surface area contributed by atoms with E-state index in [2.05, 4.69) is 20.9 Å². The zero-order valence-corrected chi connectivity index (χ0v) is 17.3. The van der Waals surface area contributed by atoms with Gasteiger partial charge in [-0.1, -0.05) is 25.4 Å². The van der Waals surface area contributed by atoms with Crippen LogP contribution >= 0.6 is 11.6 Å². The summed E-state index contributed by atoms with van der Waals surface area (Å²) in [7, 11) is 0. The minimum absolute atomic E-state index is 0.0219. The van der Waals surface area contributed by atoms with E-state index < -0.39 is 0 Å². The van der Waals surface area contributed by atoms with E-state index in [0.29, 0.717) is 23.8 Å². The molecule has 0 aliphatic carbocycles. The first-order valence-electron chi connectivity index (χ1n) is 9.39. The molecule has 1 aliphatic heterocycles. The largest absolute Gasteiger partial charge is 0.368 e. The zero-order chi connectivity index (χ0) is 20.0. The van der Waals surface area contributed by atoms with Gasteiger partial charge in [-0.3, -0.25) is 4.79 Å². The number of hydrogen-bond donors (Lipinski definition) is 3. The molecule has 1 aliphatic rings. The summed E-state index contributed by atoms with van der Waals surface area (Å²) in [6.07, 6.45) is 0. The van der Waals surface area contributed by atoms with Crippen molar-refractivity contribution < 1.29 is 9.59 Å². The van der Waals surface area contributed by atoms with Gasteiger partial charge in [-0.15, -0.1) is 0 Å². The molecule has 0 unspecified atom stereocenters. The average molecular weight is 396 g/mol. The SMILES string of the molecule is CC(C)NCC(=O)Nc1cc(N2CCN(C(=O)NC(C)C)CC2)ccc1Cl. The van der Waals surface area contributed by atoms with Crippen molar-refractivity contribution in [1.29, 1.82) is 0 Å². The number of benzene rings is 1. The van der Waals surface area contributed by atoms with E-state index in [1.165, 1.54) is 0 Å². The third-order valence-corrected chi connectivity index (χ3v) is 4.57. The van der Waals surface area contributed by atoms with Crippen LogP contribution in [-0.2, 0) is 4.79 Å². The van der Waals surface area contributed by atoms with Gasteiger partial charge >= 0.3 is 6.03 Å². The Morgan fingerprint density at radius 3 is 2.33 bits per heavy atom. The van der Waals surface area contributed by atoms with Crippen LogP contribution < -0.4 is 20.9 Å². The highest BCUT2D eigenvalue weighted by Gasteiger charge is 2.22. The predicted molar refractivity (Wildman–Crippen MR) is 111 cm³/mol. The highest BCUT2D eigenvalue weighted by atomic mass is 35.5. The molecular weight excluding hydrogens is 366 g/mol. The lowest BCUT2D eigenvalue weighted by atomic mass is 10.2. The predicted octanol–water partition coefficient (Wildman–Crippen LogP) is 2.52. The first-order chi connectivity index (χ1) is 12.8. The summed E-state index contributed by atoms with van der Waals surface area (Å²) in [6.45, 7) is 10.9. The lowest BCUT2D eigenvalue weighted by Crippen LogP contribution is -2.52. The first kappa shape index (κ1) is 21.3. The number of piperazine rings is 1. The van der Waals surface area contributed by atoms with Gasteiger partial charge in [0.25, 0.3) is 0 Å². The average Bonchev–Trinajstić information content (AvgIpc) is 2.61. The van der Waals surface area contributed by atoms with Crippen molar-refractivity contribution in [1.82, 2.24) is 15.5 Å². The van der Waals surface area contributed by atoms with Crippen molar-refractivity contribution in [2.24, 2.45) is 0 Å². The van der Waals surface area contributed by atoms with Crippen molar-refractivity contribution in [2.75, 3.05) is 42.9 Å². The Morgan fingerprint density at radius 1 is 1.07 bits per heavy atom. The van der Waals surface area contributed by atoms with E-state index in [0.717, 1.165) is 18.8 Å². The van der Waals surface area contributed by atoms with Gasteiger partial charge in [-0.05, 0) is 32.0 Å². The van der Waals surface area contributed by atoms with Crippen LogP contribution in [0.3, 0.4) is 0 Å². The van der Waals surface area contributed by atoms with Crippen LogP contribution in [0.1, 0.15) is 27.7 Å². The number of carbonyl (C=O) groups excluding carboxylic acids is 2. The molecule has 0 radical (unpaired) electrons. The molecule has 1 saturated heterocycles. The first-order valence-corrected chi connectivity index (χ1v) is 9.77. The molecule has 1 aromatic carbocycles. The molecule has 0 saturated carbocycles. The molecule has 2 rings (SSSR count). The number of nitrogens with zero attached hydrogens (tertiary/aromatic N) is 2. The second-order valence-corrected chi connectivity index (χ2v) is 7.73. The Kier molecular flexibility index (Phi) is 7.74. The Balaban J connectivity index is 1.96. The number of nitrogens with one attached hydrogen (secondary N) is 3. The van der Waals surface area contributed by atoms with E-state index in [1.807, 2.05) is 44.7 Å². The van der Waals surface area contributed by atoms with Gasteiger partial charge in [0.15, 0.2) is 0 Å². The number of carbonyl (C=O) groups is 2. The van der Waals surface area contributed by atoms with E-state index in [4.69, 9.17) is 11.6 Å². The van der Waals surface area contributed by atoms with Crippen LogP contribution in [0, 0.1) is 0 Å². The van der Waals surface area contributed by atoms with Crippen LogP contribution in [-0.4, -0.2) is 61.6 Å². The highest BCUT2D eigenvalue weighted by Crippen LogP contribution is 2.28. The van der Waals surface area contributed by atoms with Gasteiger partial charge in [-0.25, -0.2) is 4.79 Å². The summed E-state index contributed by atoms with van der Waals surface area (Å²) < 4.78 is 0. The van der Waals surface area contributed by atoms with Crippen LogP contribution in [0.15, 0.2) is 18.2 Å². The number of halogens is 1. The maximum atomic E-state index is 12.1. The summed E-state index contributed by atoms with van der Waals surface area (Å²) in [5.74, 6) is -0.127. The third kappa shape index (κ3) is 6.59. The second kappa shape index (κ2) is 9.80. The lowest BCUT2D eigenvalue weighted by Gasteiger charge is -2.36. The lowest BCUT2D eigenvalue weighted by molar-refractivity contribution is -0.115. The quantitative estimate of drug-likeness (QED) is 0.691. The Hall–Kier alpha value is -1.99. The molecule has 3 amide bonds. The number of rotatable bonds is 6. The van der Waals surface area contributed by atoms with Gasteiger partial charge in [0.1, 0.15) is 0 Å². The topological polar surface area (TPSA) is 76.7 Å². The Bertz CT molecular complexity index is 658. The molecule has 1 heterocycles. The molecule has 27 heavy (non-hydrogen) atoms. The fourth-order valence-electron chi connectivity index (χ4n) is 2.80. The molecule has 1 aromatic rings. The monoisotopic (exact) mass is 395 g/mol. The molecule has 0 spiro atoms. The smallest absolute Gasteiger partial charge is 0.317 e. The molecule has 150 valence electrons. The molecule has 7 nitrogen and oxygen atoms in total. The minimum atomic E-state index is -0.127. The van der Waals surface area contributed by atoms with Crippen molar-refractivity contribution in [3.8, 4) is 0 Å². The fraction of sp³-hybridized carbons (Fsp3) is 0.579. The van der Waals surface area contributed by atoms with E-state index in [9.17, 15) is 9.59 Å². The minimum Gasteiger partial charge on any atom is -0.368 e. The van der Waals surface area contributed by atoms with Gasteiger partial charge in [-0.2, -0.15) is 0 Å². The van der Waals surface area contributed by atoms with Crippen LogP contribution in [0.2, 0.25) is 5.02 Å². The highest BCUT2D eigenvalue weighted by molar-refractivity contribution is 6.33. The van der Waals surface area contributed by atoms with Crippen molar-refractivity contribution in [3.05, 3.63) is 23.2 Å². The molecule has 0 aromatic heterocycles. The van der Waals surface area contributed by atoms with E-state index >= 15 is 0 Å². The second-order valence-electron chi connectivity index (χ2n) is 7.33. The van der Waals surface area contributed by atoms with E-state index in [-0.39, 0.29) is 30.6 Å². The molecular formula is C19H30ClN5O2. The van der Waals surface area contributed by atoms with Gasteiger partial charge in [0, 0.05) is 44.0 Å². The molecule has 3 N–H and O–H groups in total. The molecule has 0 atom stereocenters. The zero-order valence-electron chi connectivity index (χ0n) is 16.5. The number of urea groups is 1. The number of anilines is 2. The summed E-state index contributed by atoms with van der Waals surface area (Å²) in [4.78, 5) is 28.2. The Labute approximate surface area is 166 Å². The molecule has 8 heteroatoms. The van der Waals surface area contributed by atoms with Crippen molar-refractivity contribution >= 4 is 34.9 Å². The van der Waals surface area contributed by atoms with Crippen molar-refractivity contribution in [2.45, 2.75) is 39.8 Å². The third-order valence-electron chi connectivity index (χ3n) is 4.24. The van der Waals surface area contributed by atoms with Crippen LogP contribution in [0.25, 0.3) is 0 Å². The normalized spacial score (nSPS) is 14.6. The maximum Gasteiger partial charge on any atom is 0.317 e. The Morgan fingerprint density at radius 2 is 1.74 bits per heavy atom. The summed E-state index contributed by atoms with van der Waals surface area (Å²) in [5, 5.41) is 9.37. The van der Waals surface area contributed by atoms with Gasteiger partial charge in [0.2, 0.25) is 5.91 Å². The van der Waals surface area contributed by atoms with Gasteiger partial charge in [0.05, 0.1) is 17.3 Å². The standard InChI is InChI=1S/C19H30ClN5O2/c1-13(2)21-12-18(26)23-17-11-15(5-6-16(17)20)24-7-9-25(10-8-24)19(27)22-14(3)4/h5-6,11,13-14,21H,7-10,12H2,1-4H3,(H,22,27)(H,23,26). The maximum absolute atomic E-state index is 12.1. The summed E-state index contributed by atoms with van der Waals surface area (Å²) >= 11 is 6.24. The van der Waals surface area contributed by atoms with Crippen molar-refractivity contribution in [3.63, 3.8) is 0 Å². The summed E-state index contributed by atoms with van der Waals surface area (Å²) in [5.41, 5.74) is 1.58. The van der Waals surface area contributed by atoms with Gasteiger partial charge < -0.3 is 25.8 Å². The molecule has 1 fully saturated rings. The summed E-state index contributed by atoms with van der Waals surface area (Å²) in [6, 6.07) is 5.96. The number of hydrogen-bond acceptors (Lipinski definition) is 4. The van der Waals surface area contributed by atoms with Crippen LogP contribution in [0.4, 0.5) is 16.2 Å².